The molecule has 0 aliphatic carbocycles. The summed E-state index contributed by atoms with van der Waals surface area (Å²) < 4.78 is 0.951. The van der Waals surface area contributed by atoms with Crippen molar-refractivity contribution in [2.75, 3.05) is 5.32 Å². The molecule has 0 unspecified atom stereocenters. The predicted molar refractivity (Wildman–Crippen MR) is 89.2 cm³/mol. The number of thiocarbonyl (C=S) groups is 1. The van der Waals surface area contributed by atoms with Crippen molar-refractivity contribution in [2.45, 2.75) is 6.92 Å². The van der Waals surface area contributed by atoms with Crippen LogP contribution in [0.3, 0.4) is 0 Å². The standard InChI is InChI=1S/C15H13BrN2OS/c1-9-5-6-12(8-13(9)16)18-15(19)11-4-2-3-10(7-11)14(17)20/h2-8H,1H3,(H2,17,20)(H,18,19). The highest BCUT2D eigenvalue weighted by Crippen LogP contribution is 2.21. The monoisotopic (exact) mass is 348 g/mol. The van der Waals surface area contributed by atoms with E-state index >= 15 is 0 Å². The summed E-state index contributed by atoms with van der Waals surface area (Å²) in [7, 11) is 0. The van der Waals surface area contributed by atoms with E-state index in [9.17, 15) is 4.79 Å². The van der Waals surface area contributed by atoms with Gasteiger partial charge in [0.15, 0.2) is 0 Å². The quantitative estimate of drug-likeness (QED) is 0.832. The van der Waals surface area contributed by atoms with Gasteiger partial charge in [-0.15, -0.1) is 0 Å². The fourth-order valence-electron chi connectivity index (χ4n) is 1.69. The molecule has 3 nitrogen and oxygen atoms in total. The van der Waals surface area contributed by atoms with Crippen LogP contribution in [0.25, 0.3) is 0 Å². The second kappa shape index (κ2) is 6.15. The Kier molecular flexibility index (Phi) is 4.52. The summed E-state index contributed by atoms with van der Waals surface area (Å²) in [4.78, 5) is 12.5. The maximum Gasteiger partial charge on any atom is 0.255 e. The van der Waals surface area contributed by atoms with Crippen LogP contribution in [-0.2, 0) is 0 Å². The van der Waals surface area contributed by atoms with Crippen molar-refractivity contribution in [3.05, 3.63) is 63.6 Å². The van der Waals surface area contributed by atoms with Crippen LogP contribution in [0, 0.1) is 6.92 Å². The fraction of sp³-hybridized carbons (Fsp3) is 0.0667. The number of carbonyl (C=O) groups excluding carboxylic acids is 1. The number of benzene rings is 2. The molecular weight excluding hydrogens is 336 g/mol. The first-order valence-corrected chi connectivity index (χ1v) is 7.15. The van der Waals surface area contributed by atoms with Gasteiger partial charge in [0.2, 0.25) is 0 Å². The van der Waals surface area contributed by atoms with E-state index in [-0.39, 0.29) is 10.9 Å². The van der Waals surface area contributed by atoms with Gasteiger partial charge in [0.05, 0.1) is 0 Å². The van der Waals surface area contributed by atoms with Gasteiger partial charge in [-0.2, -0.15) is 0 Å². The third-order valence-corrected chi connectivity index (χ3v) is 3.93. The van der Waals surface area contributed by atoms with Crippen molar-refractivity contribution >= 4 is 44.7 Å². The van der Waals surface area contributed by atoms with Crippen LogP contribution in [-0.4, -0.2) is 10.9 Å². The zero-order valence-electron chi connectivity index (χ0n) is 10.8. The van der Waals surface area contributed by atoms with Crippen LogP contribution in [0.4, 0.5) is 5.69 Å². The molecule has 2 aromatic carbocycles. The first-order chi connectivity index (χ1) is 9.47. The molecule has 0 radical (unpaired) electrons. The second-order valence-electron chi connectivity index (χ2n) is 4.36. The van der Waals surface area contributed by atoms with Crippen LogP contribution < -0.4 is 11.1 Å². The van der Waals surface area contributed by atoms with E-state index in [0.717, 1.165) is 15.7 Å². The van der Waals surface area contributed by atoms with E-state index in [4.69, 9.17) is 18.0 Å². The Morgan fingerprint density at radius 1 is 1.20 bits per heavy atom. The number of aryl methyl sites for hydroxylation is 1. The van der Waals surface area contributed by atoms with Gasteiger partial charge in [-0.3, -0.25) is 4.79 Å². The minimum absolute atomic E-state index is 0.196. The number of rotatable bonds is 3. The number of nitrogens with two attached hydrogens (primary N) is 1. The molecule has 0 aliphatic heterocycles. The molecule has 2 rings (SSSR count). The van der Waals surface area contributed by atoms with Crippen LogP contribution >= 0.6 is 28.1 Å². The van der Waals surface area contributed by atoms with E-state index in [1.54, 1.807) is 24.3 Å². The Labute approximate surface area is 131 Å². The summed E-state index contributed by atoms with van der Waals surface area (Å²) in [6.45, 7) is 1.99. The average Bonchev–Trinajstić information content (AvgIpc) is 2.43. The highest BCUT2D eigenvalue weighted by atomic mass is 79.9. The molecule has 0 aromatic heterocycles. The van der Waals surface area contributed by atoms with E-state index in [1.165, 1.54) is 0 Å². The lowest BCUT2D eigenvalue weighted by Crippen LogP contribution is -2.14. The Bertz CT molecular complexity index is 685. The average molecular weight is 349 g/mol. The number of halogens is 1. The summed E-state index contributed by atoms with van der Waals surface area (Å²) in [6, 6.07) is 12.6. The van der Waals surface area contributed by atoms with Gasteiger partial charge in [0.1, 0.15) is 4.99 Å². The molecule has 3 N–H and O–H groups in total. The lowest BCUT2D eigenvalue weighted by atomic mass is 10.1. The molecule has 5 heteroatoms. The molecule has 0 aliphatic rings. The number of hydrogen-bond acceptors (Lipinski definition) is 2. The van der Waals surface area contributed by atoms with Crippen molar-refractivity contribution in [3.8, 4) is 0 Å². The molecule has 0 heterocycles. The summed E-state index contributed by atoms with van der Waals surface area (Å²) in [5, 5.41) is 2.84. The Morgan fingerprint density at radius 2 is 1.90 bits per heavy atom. The SMILES string of the molecule is Cc1ccc(NC(=O)c2cccc(C(N)=S)c2)cc1Br. The van der Waals surface area contributed by atoms with Gasteiger partial charge in [-0.05, 0) is 36.8 Å². The highest BCUT2D eigenvalue weighted by molar-refractivity contribution is 9.10. The van der Waals surface area contributed by atoms with Crippen molar-refractivity contribution in [3.63, 3.8) is 0 Å². The maximum absolute atomic E-state index is 12.2. The van der Waals surface area contributed by atoms with Crippen LogP contribution in [0.2, 0.25) is 0 Å². The minimum atomic E-state index is -0.196. The molecule has 1 amide bonds. The lowest BCUT2D eigenvalue weighted by molar-refractivity contribution is 0.102. The smallest absolute Gasteiger partial charge is 0.255 e. The van der Waals surface area contributed by atoms with Crippen molar-refractivity contribution < 1.29 is 4.79 Å². The van der Waals surface area contributed by atoms with E-state index in [0.29, 0.717) is 11.1 Å². The van der Waals surface area contributed by atoms with Gasteiger partial charge in [0, 0.05) is 21.3 Å². The van der Waals surface area contributed by atoms with E-state index < -0.39 is 0 Å². The van der Waals surface area contributed by atoms with Crippen LogP contribution in [0.15, 0.2) is 46.9 Å². The summed E-state index contributed by atoms with van der Waals surface area (Å²) in [5.41, 5.74) is 8.60. The second-order valence-corrected chi connectivity index (χ2v) is 5.66. The molecule has 0 fully saturated rings. The Hall–Kier alpha value is -1.72. The summed E-state index contributed by atoms with van der Waals surface area (Å²) >= 11 is 8.35. The topological polar surface area (TPSA) is 55.1 Å². The van der Waals surface area contributed by atoms with Gasteiger partial charge >= 0.3 is 0 Å². The maximum atomic E-state index is 12.2. The predicted octanol–water partition coefficient (Wildman–Crippen LogP) is 3.64. The molecule has 0 saturated carbocycles. The summed E-state index contributed by atoms with van der Waals surface area (Å²) in [5.74, 6) is -0.196. The number of carbonyl (C=O) groups is 1. The van der Waals surface area contributed by atoms with Crippen molar-refractivity contribution in [2.24, 2.45) is 5.73 Å². The number of nitrogens with one attached hydrogen (secondary N) is 1. The van der Waals surface area contributed by atoms with Gasteiger partial charge < -0.3 is 11.1 Å². The molecule has 0 atom stereocenters. The zero-order valence-corrected chi connectivity index (χ0v) is 13.2. The first-order valence-electron chi connectivity index (χ1n) is 5.95. The third kappa shape index (κ3) is 3.43. The Balaban J connectivity index is 2.21. The third-order valence-electron chi connectivity index (χ3n) is 2.84. The molecule has 0 saturated heterocycles. The molecule has 102 valence electrons. The summed E-state index contributed by atoms with van der Waals surface area (Å²) in [6.07, 6.45) is 0. The Morgan fingerprint density at radius 3 is 2.55 bits per heavy atom. The number of anilines is 1. The van der Waals surface area contributed by atoms with Gasteiger partial charge in [-0.1, -0.05) is 46.3 Å². The fourth-order valence-corrected chi connectivity index (χ4v) is 2.19. The van der Waals surface area contributed by atoms with E-state index in [2.05, 4.69) is 21.2 Å². The molecule has 2 aromatic rings. The van der Waals surface area contributed by atoms with Crippen LogP contribution in [0.5, 0.6) is 0 Å². The van der Waals surface area contributed by atoms with Crippen LogP contribution in [0.1, 0.15) is 21.5 Å². The largest absolute Gasteiger partial charge is 0.389 e. The molecule has 0 spiro atoms. The van der Waals surface area contributed by atoms with Crippen molar-refractivity contribution in [1.29, 1.82) is 0 Å². The van der Waals surface area contributed by atoms with E-state index in [1.807, 2.05) is 25.1 Å². The first kappa shape index (κ1) is 14.7. The number of amides is 1. The number of hydrogen-bond donors (Lipinski definition) is 2. The highest BCUT2D eigenvalue weighted by Gasteiger charge is 2.08. The normalized spacial score (nSPS) is 10.1. The zero-order chi connectivity index (χ0) is 14.7. The molecule has 0 bridgehead atoms. The molecular formula is C15H13BrN2OS. The van der Waals surface area contributed by atoms with Gasteiger partial charge in [-0.25, -0.2) is 0 Å². The molecule has 20 heavy (non-hydrogen) atoms. The lowest BCUT2D eigenvalue weighted by Gasteiger charge is -2.08. The van der Waals surface area contributed by atoms with Crippen molar-refractivity contribution in [1.82, 2.24) is 0 Å². The minimum Gasteiger partial charge on any atom is -0.389 e. The van der Waals surface area contributed by atoms with Gasteiger partial charge in [0.25, 0.3) is 5.91 Å².